The van der Waals surface area contributed by atoms with Gasteiger partial charge in [0.15, 0.2) is 0 Å². The molecule has 2 aromatic carbocycles. The van der Waals surface area contributed by atoms with E-state index in [1.807, 2.05) is 19.9 Å². The topological polar surface area (TPSA) is 278 Å². The van der Waals surface area contributed by atoms with Gasteiger partial charge >= 0.3 is 30.3 Å². The largest absolute Gasteiger partial charge is 0.467 e. The monoisotopic (exact) mass is 1040 g/mol. The lowest BCUT2D eigenvalue weighted by Gasteiger charge is -2.41. The second kappa shape index (κ2) is 27.9. The van der Waals surface area contributed by atoms with E-state index >= 15 is 0 Å². The number of methoxy groups -OCH3 is 1. The fourth-order valence-electron chi connectivity index (χ4n) is 7.87. The van der Waals surface area contributed by atoms with Crippen LogP contribution in [-0.4, -0.2) is 132 Å². The van der Waals surface area contributed by atoms with Crippen molar-refractivity contribution < 1.29 is 62.1 Å². The number of unbranched alkanes of at least 4 members (excludes halogenated alkanes) is 1. The van der Waals surface area contributed by atoms with Gasteiger partial charge in [-0.3, -0.25) is 19.2 Å². The van der Waals surface area contributed by atoms with Crippen molar-refractivity contribution in [3.63, 3.8) is 0 Å². The van der Waals surface area contributed by atoms with E-state index in [1.54, 1.807) is 117 Å². The van der Waals surface area contributed by atoms with Crippen LogP contribution in [0, 0.1) is 5.92 Å². The zero-order chi connectivity index (χ0) is 55.4. The third-order valence-electron chi connectivity index (χ3n) is 11.2. The number of piperidine rings is 1. The van der Waals surface area contributed by atoms with E-state index in [-0.39, 0.29) is 64.1 Å². The number of carbonyl (C=O) groups is 9. The minimum absolute atomic E-state index is 0.0108. The lowest BCUT2D eigenvalue weighted by Crippen LogP contribution is -2.64. The van der Waals surface area contributed by atoms with Crippen LogP contribution in [0.25, 0.3) is 0 Å². The van der Waals surface area contributed by atoms with Crippen molar-refractivity contribution >= 4 is 53.9 Å². The Morgan fingerprint density at radius 3 is 1.51 bits per heavy atom. The molecule has 0 unspecified atom stereocenters. The minimum Gasteiger partial charge on any atom is -0.467 e. The maximum atomic E-state index is 14.5. The number of nitrogens with zero attached hydrogens (tertiary/aromatic N) is 1. The SMILES string of the molecule is COC(=O)C1(NC(=O)NC(=O)OC(C)(C)C)CCN(C(=O)[C@@H](CCCCNC(=O)OC(C)(C)C)NC(=O)[C@@H](CC(C)C)NC(=O)[C@@H](Cc2ccccc2)NC(=O)[C@@H](Cc2ccccc2)NC(=O)OC(C)(C)C)CC1. The quantitative estimate of drug-likeness (QED) is 0.0474. The maximum Gasteiger partial charge on any atom is 0.415 e. The second-order valence-corrected chi connectivity index (χ2v) is 21.8. The number of likely N-dealkylation sites (tertiary alicyclic amines) is 1. The molecule has 1 fully saturated rings. The van der Waals surface area contributed by atoms with Gasteiger partial charge in [-0.05, 0) is 118 Å². The molecular weight excluding hydrogens is 957 g/mol. The van der Waals surface area contributed by atoms with Crippen LogP contribution in [0.5, 0.6) is 0 Å². The Balaban J connectivity index is 1.91. The van der Waals surface area contributed by atoms with Crippen LogP contribution >= 0.6 is 0 Å². The molecule has 21 nitrogen and oxygen atoms in total. The Bertz CT molecular complexity index is 2210. The zero-order valence-electron chi connectivity index (χ0n) is 45.2. The van der Waals surface area contributed by atoms with Crippen LogP contribution in [0.3, 0.4) is 0 Å². The normalized spacial score (nSPS) is 15.1. The number of hydrogen-bond acceptors (Lipinski definition) is 13. The van der Waals surface area contributed by atoms with Crippen molar-refractivity contribution in [2.24, 2.45) is 5.92 Å². The average Bonchev–Trinajstić information content (AvgIpc) is 3.28. The van der Waals surface area contributed by atoms with Gasteiger partial charge in [0, 0.05) is 32.5 Å². The molecule has 1 heterocycles. The molecule has 4 atom stereocenters. The van der Waals surface area contributed by atoms with Gasteiger partial charge in [-0.15, -0.1) is 0 Å². The highest BCUT2D eigenvalue weighted by molar-refractivity contribution is 5.97. The number of esters is 1. The van der Waals surface area contributed by atoms with Crippen molar-refractivity contribution in [3.8, 4) is 0 Å². The summed E-state index contributed by atoms with van der Waals surface area (Å²) in [5.41, 5.74) is -2.69. The first-order chi connectivity index (χ1) is 34.5. The molecule has 0 aliphatic carbocycles. The molecule has 0 bridgehead atoms. The highest BCUT2D eigenvalue weighted by atomic mass is 16.6. The number of nitrogens with one attached hydrogen (secondary N) is 7. The van der Waals surface area contributed by atoms with E-state index < -0.39 is 100 Å². The van der Waals surface area contributed by atoms with Crippen LogP contribution < -0.4 is 37.2 Å². The Morgan fingerprint density at radius 1 is 0.581 bits per heavy atom. The zero-order valence-corrected chi connectivity index (χ0v) is 45.2. The summed E-state index contributed by atoms with van der Waals surface area (Å²) in [5, 5.41) is 18.5. The van der Waals surface area contributed by atoms with Crippen LogP contribution in [0.4, 0.5) is 19.2 Å². The third kappa shape index (κ3) is 22.5. The van der Waals surface area contributed by atoms with Crippen molar-refractivity contribution in [2.45, 2.75) is 174 Å². The Morgan fingerprint density at radius 2 is 1.03 bits per heavy atom. The molecule has 1 saturated heterocycles. The molecule has 7 N–H and O–H groups in total. The van der Waals surface area contributed by atoms with E-state index in [0.29, 0.717) is 18.4 Å². The van der Waals surface area contributed by atoms with Gasteiger partial charge in [-0.1, -0.05) is 74.5 Å². The smallest absolute Gasteiger partial charge is 0.415 e. The molecule has 9 amide bonds. The second-order valence-electron chi connectivity index (χ2n) is 21.8. The van der Waals surface area contributed by atoms with E-state index in [4.69, 9.17) is 18.9 Å². The molecule has 3 rings (SSSR count). The molecule has 21 heteroatoms. The summed E-state index contributed by atoms with van der Waals surface area (Å²) in [6.07, 6.45) is -1.69. The van der Waals surface area contributed by atoms with Crippen LogP contribution in [0.15, 0.2) is 60.7 Å². The maximum absolute atomic E-state index is 14.5. The van der Waals surface area contributed by atoms with E-state index in [2.05, 4.69) is 37.2 Å². The van der Waals surface area contributed by atoms with Gasteiger partial charge in [0.05, 0.1) is 7.11 Å². The van der Waals surface area contributed by atoms with Gasteiger partial charge < -0.3 is 55.7 Å². The highest BCUT2D eigenvalue weighted by Gasteiger charge is 2.46. The number of alkyl carbamates (subject to hydrolysis) is 3. The van der Waals surface area contributed by atoms with Gasteiger partial charge in [0.2, 0.25) is 23.6 Å². The summed E-state index contributed by atoms with van der Waals surface area (Å²) in [6, 6.07) is 12.2. The van der Waals surface area contributed by atoms with Crippen LogP contribution in [-0.2, 0) is 55.8 Å². The van der Waals surface area contributed by atoms with Gasteiger partial charge in [0.1, 0.15) is 46.5 Å². The summed E-state index contributed by atoms with van der Waals surface area (Å²) in [5.74, 6) is -3.52. The Hall–Kier alpha value is -6.93. The van der Waals surface area contributed by atoms with Crippen LogP contribution in [0.2, 0.25) is 0 Å². The van der Waals surface area contributed by atoms with Crippen molar-refractivity contribution in [1.29, 1.82) is 0 Å². The molecule has 1 aliphatic heterocycles. The highest BCUT2D eigenvalue weighted by Crippen LogP contribution is 2.26. The van der Waals surface area contributed by atoms with Crippen LogP contribution in [0.1, 0.15) is 126 Å². The summed E-state index contributed by atoms with van der Waals surface area (Å²) < 4.78 is 21.0. The predicted molar refractivity (Wildman–Crippen MR) is 275 cm³/mol. The minimum atomic E-state index is -1.63. The first kappa shape index (κ1) is 61.4. The number of carbonyl (C=O) groups excluding carboxylic acids is 9. The fraction of sp³-hybridized carbons (Fsp3) is 0.604. The third-order valence-corrected chi connectivity index (χ3v) is 11.2. The predicted octanol–water partition coefficient (Wildman–Crippen LogP) is 5.33. The molecular formula is C53H80N8O13. The summed E-state index contributed by atoms with van der Waals surface area (Å²) in [4.78, 5) is 123. The lowest BCUT2D eigenvalue weighted by atomic mass is 9.87. The standard InChI is InChI=1S/C53H80N8O13/c1-34(2)31-38(56-42(63)39(32-35-21-15-13-16-22-35)57-43(64)40(33-36-23-17-14-18-24-36)58-48(69)73-51(6,7)8)41(62)55-37(25-19-20-28-54-47(68)72-50(3,4)5)44(65)61-29-26-53(27-30-61,45(66)71-12)60-46(67)59-49(70)74-52(9,10)11/h13-18,21-24,34,37-40H,19-20,25-33H2,1-12H3,(H,54,68)(H,55,62)(H,56,63)(H,57,64)(H,58,69)(H2,59,60,67,70)/t37-,38-,39-,40-/m1/s1. The number of rotatable bonds is 21. The van der Waals surface area contributed by atoms with E-state index in [9.17, 15) is 43.2 Å². The number of benzene rings is 2. The number of imide groups is 1. The number of hydrogen-bond donors (Lipinski definition) is 7. The van der Waals surface area contributed by atoms with Gasteiger partial charge in [0.25, 0.3) is 0 Å². The van der Waals surface area contributed by atoms with E-state index in [0.717, 1.165) is 12.7 Å². The molecule has 0 saturated carbocycles. The van der Waals surface area contributed by atoms with Crippen molar-refractivity contribution in [1.82, 2.24) is 42.1 Å². The van der Waals surface area contributed by atoms with Crippen molar-refractivity contribution in [2.75, 3.05) is 26.7 Å². The molecule has 2 aromatic rings. The number of urea groups is 1. The summed E-state index contributed by atoms with van der Waals surface area (Å²) in [7, 11) is 1.15. The molecule has 0 radical (unpaired) electrons. The Kier molecular flexibility index (Phi) is 23.2. The first-order valence-corrected chi connectivity index (χ1v) is 25.1. The first-order valence-electron chi connectivity index (χ1n) is 25.1. The van der Waals surface area contributed by atoms with Crippen molar-refractivity contribution in [3.05, 3.63) is 71.8 Å². The summed E-state index contributed by atoms with van der Waals surface area (Å²) >= 11 is 0. The number of amides is 9. The summed E-state index contributed by atoms with van der Waals surface area (Å²) in [6.45, 7) is 18.9. The van der Waals surface area contributed by atoms with Gasteiger partial charge in [-0.25, -0.2) is 29.3 Å². The number of ether oxygens (including phenoxy) is 4. The fourth-order valence-corrected chi connectivity index (χ4v) is 7.87. The lowest BCUT2D eigenvalue weighted by molar-refractivity contribution is -0.152. The van der Waals surface area contributed by atoms with Gasteiger partial charge in [-0.2, -0.15) is 0 Å². The average molecular weight is 1040 g/mol. The molecule has 410 valence electrons. The molecule has 0 spiro atoms. The van der Waals surface area contributed by atoms with E-state index in [1.165, 1.54) is 4.90 Å². The molecule has 1 aliphatic rings. The Labute approximate surface area is 435 Å². The molecule has 0 aromatic heterocycles. The molecule has 74 heavy (non-hydrogen) atoms.